The third-order valence-electron chi connectivity index (χ3n) is 10.7. The van der Waals surface area contributed by atoms with Gasteiger partial charge < -0.3 is 29.3 Å². The maximum atomic E-state index is 14.6. The lowest BCUT2D eigenvalue weighted by Crippen LogP contribution is -2.60. The average Bonchev–Trinajstić information content (AvgIpc) is 3.71. The van der Waals surface area contributed by atoms with Gasteiger partial charge in [-0.1, -0.05) is 62.8 Å². The summed E-state index contributed by atoms with van der Waals surface area (Å²) in [6, 6.07) is 6.93. The lowest BCUT2D eigenvalue weighted by atomic mass is 9.70. The molecule has 0 saturated carbocycles. The minimum Gasteiger partial charge on any atom is -0.455 e. The fraction of sp³-hybridized carbons (Fsp3) is 0.622. The van der Waals surface area contributed by atoms with Gasteiger partial charge in [0.05, 0.1) is 36.6 Å². The summed E-state index contributed by atoms with van der Waals surface area (Å²) >= 11 is 0. The number of likely N-dealkylation sites (N-methyl/N-ethyl adjacent to an activating group) is 1. The zero-order valence-corrected chi connectivity index (χ0v) is 28.8. The summed E-state index contributed by atoms with van der Waals surface area (Å²) in [5.74, 6) is -3.34. The predicted molar refractivity (Wildman–Crippen MR) is 179 cm³/mol. The van der Waals surface area contributed by atoms with E-state index in [1.165, 1.54) is 4.90 Å². The Labute approximate surface area is 279 Å². The topological polar surface area (TPSA) is 117 Å². The number of carbonyl (C=O) groups is 4. The van der Waals surface area contributed by atoms with Gasteiger partial charge in [0.1, 0.15) is 17.7 Å². The first-order valence-electron chi connectivity index (χ1n) is 17.0. The Morgan fingerprint density at radius 2 is 1.83 bits per heavy atom. The van der Waals surface area contributed by atoms with Crippen molar-refractivity contribution in [3.8, 4) is 0 Å². The number of rotatable bonds is 16. The Hall–Kier alpha value is -3.50. The fourth-order valence-electron chi connectivity index (χ4n) is 7.78. The molecule has 3 aliphatic rings. The number of amides is 3. The maximum absolute atomic E-state index is 14.6. The summed E-state index contributed by atoms with van der Waals surface area (Å²) < 4.78 is 13.0. The number of hydrogen-bond donors (Lipinski definition) is 1. The van der Waals surface area contributed by atoms with Crippen LogP contribution in [0.2, 0.25) is 0 Å². The van der Waals surface area contributed by atoms with Crippen molar-refractivity contribution >= 4 is 23.7 Å². The van der Waals surface area contributed by atoms with E-state index in [1.807, 2.05) is 65.0 Å². The highest BCUT2D eigenvalue weighted by Gasteiger charge is 2.76. The lowest BCUT2D eigenvalue weighted by molar-refractivity contribution is -0.165. The van der Waals surface area contributed by atoms with Gasteiger partial charge in [0.2, 0.25) is 17.7 Å². The average molecular weight is 652 g/mol. The van der Waals surface area contributed by atoms with Crippen LogP contribution in [0.4, 0.5) is 0 Å². The molecule has 0 aliphatic carbocycles. The molecule has 258 valence electrons. The van der Waals surface area contributed by atoms with Crippen molar-refractivity contribution in [2.45, 2.75) is 109 Å². The quantitative estimate of drug-likeness (QED) is 0.210. The number of ether oxygens (including phenoxy) is 2. The molecule has 9 atom stereocenters. The highest BCUT2D eigenvalue weighted by Crippen LogP contribution is 2.59. The molecule has 1 spiro atoms. The van der Waals surface area contributed by atoms with Crippen LogP contribution in [-0.2, 0) is 28.7 Å². The van der Waals surface area contributed by atoms with Crippen LogP contribution in [-0.4, -0.2) is 99.6 Å². The molecule has 1 aromatic carbocycles. The van der Waals surface area contributed by atoms with E-state index in [4.69, 9.17) is 9.47 Å². The minimum atomic E-state index is -1.23. The van der Waals surface area contributed by atoms with E-state index >= 15 is 0 Å². The van der Waals surface area contributed by atoms with Gasteiger partial charge in [-0.3, -0.25) is 19.2 Å². The Morgan fingerprint density at radius 3 is 2.40 bits per heavy atom. The van der Waals surface area contributed by atoms with Crippen LogP contribution in [0.5, 0.6) is 0 Å². The number of benzene rings is 1. The normalized spacial score (nSPS) is 27.1. The van der Waals surface area contributed by atoms with Gasteiger partial charge in [0, 0.05) is 26.1 Å². The maximum Gasteiger partial charge on any atom is 0.313 e. The van der Waals surface area contributed by atoms with Crippen LogP contribution in [0.3, 0.4) is 0 Å². The molecule has 3 amide bonds. The molecule has 4 rings (SSSR count). The van der Waals surface area contributed by atoms with Crippen LogP contribution in [0, 0.1) is 17.8 Å². The molecule has 2 bridgehead atoms. The van der Waals surface area contributed by atoms with Crippen molar-refractivity contribution in [2.24, 2.45) is 17.8 Å². The number of carbonyl (C=O) groups excluding carboxylic acids is 4. The van der Waals surface area contributed by atoms with Crippen molar-refractivity contribution in [3.05, 3.63) is 61.2 Å². The second-order valence-corrected chi connectivity index (χ2v) is 13.7. The first-order chi connectivity index (χ1) is 22.4. The number of aliphatic hydroxyl groups excluding tert-OH is 1. The van der Waals surface area contributed by atoms with Crippen molar-refractivity contribution in [1.29, 1.82) is 0 Å². The number of aliphatic hydroxyl groups is 1. The van der Waals surface area contributed by atoms with Crippen LogP contribution in [0.15, 0.2) is 55.6 Å². The molecule has 3 heterocycles. The van der Waals surface area contributed by atoms with E-state index in [1.54, 1.807) is 29.0 Å². The standard InChI is InChI=1S/C37H53N3O7/c1-9-12-18-29(42)38(8)25(7)32(26-16-14-13-15-17-26)46-36(45)30-28-19-20-37(47-28)31(30)34(43)40(27(22-41)24(6)11-3)33(37)35(44)39(21-10-2)23(4)5/h9-10,13-17,23-25,27-28,30-33,41H,1-2,11-12,18-22H2,3-8H3/t24-,25+,27-,28+,30-,31-,32-,33+,37-/m0/s1. The molecule has 1 N–H and O–H groups in total. The SMILES string of the molecule is C=CCCC(=O)N(C)[C@H](C)[C@H](OC(=O)[C@@H]1[C@H]2C(=O)N([C@@H](CO)[C@@H](C)CC)[C@H](C(=O)N(CC=C)C(C)C)[C@]23CC[C@H]1O3)c1ccccc1. The molecule has 3 fully saturated rings. The van der Waals surface area contributed by atoms with Crippen molar-refractivity contribution in [2.75, 3.05) is 20.2 Å². The van der Waals surface area contributed by atoms with Gasteiger partial charge in [0.25, 0.3) is 0 Å². The van der Waals surface area contributed by atoms with Gasteiger partial charge in [-0.25, -0.2) is 0 Å². The fourth-order valence-corrected chi connectivity index (χ4v) is 7.78. The molecular formula is C37H53N3O7. The summed E-state index contributed by atoms with van der Waals surface area (Å²) in [4.78, 5) is 61.3. The van der Waals surface area contributed by atoms with E-state index in [0.717, 1.165) is 5.56 Å². The number of nitrogens with zero attached hydrogens (tertiary/aromatic N) is 3. The summed E-state index contributed by atoms with van der Waals surface area (Å²) in [6.07, 6.45) is 4.35. The van der Waals surface area contributed by atoms with Crippen molar-refractivity contribution in [3.63, 3.8) is 0 Å². The minimum absolute atomic E-state index is 0.103. The number of hydrogen-bond acceptors (Lipinski definition) is 7. The van der Waals surface area contributed by atoms with Gasteiger partial charge in [-0.15, -0.1) is 13.2 Å². The van der Waals surface area contributed by atoms with E-state index in [9.17, 15) is 24.3 Å². The number of likely N-dealkylation sites (tertiary alicyclic amines) is 1. The summed E-state index contributed by atoms with van der Waals surface area (Å²) in [6.45, 7) is 17.1. The number of fused-ring (bicyclic) bond motifs is 1. The number of allylic oxidation sites excluding steroid dienone is 1. The van der Waals surface area contributed by atoms with Crippen molar-refractivity contribution in [1.82, 2.24) is 14.7 Å². The molecule has 3 aliphatic heterocycles. The predicted octanol–water partition coefficient (Wildman–Crippen LogP) is 4.29. The van der Waals surface area contributed by atoms with Gasteiger partial charge in [-0.2, -0.15) is 0 Å². The van der Waals surface area contributed by atoms with Gasteiger partial charge >= 0.3 is 5.97 Å². The van der Waals surface area contributed by atoms with Crippen LogP contribution in [0.1, 0.15) is 78.4 Å². The summed E-state index contributed by atoms with van der Waals surface area (Å²) in [5.41, 5.74) is -0.514. The molecule has 3 saturated heterocycles. The number of esters is 1. The second kappa shape index (κ2) is 15.2. The Kier molecular flexibility index (Phi) is 11.7. The highest BCUT2D eigenvalue weighted by atomic mass is 16.6. The van der Waals surface area contributed by atoms with E-state index in [-0.39, 0.29) is 49.3 Å². The molecule has 1 aromatic rings. The first kappa shape index (κ1) is 36.3. The van der Waals surface area contributed by atoms with Gasteiger partial charge in [0.15, 0.2) is 0 Å². The van der Waals surface area contributed by atoms with Crippen LogP contribution in [0.25, 0.3) is 0 Å². The zero-order valence-electron chi connectivity index (χ0n) is 28.8. The van der Waals surface area contributed by atoms with E-state index < -0.39 is 53.7 Å². The Morgan fingerprint density at radius 1 is 1.15 bits per heavy atom. The van der Waals surface area contributed by atoms with Crippen LogP contribution < -0.4 is 0 Å². The largest absolute Gasteiger partial charge is 0.455 e. The first-order valence-corrected chi connectivity index (χ1v) is 17.0. The van der Waals surface area contributed by atoms with Crippen LogP contribution >= 0.6 is 0 Å². The molecular weight excluding hydrogens is 598 g/mol. The smallest absolute Gasteiger partial charge is 0.313 e. The van der Waals surface area contributed by atoms with E-state index in [0.29, 0.717) is 25.7 Å². The highest BCUT2D eigenvalue weighted by molar-refractivity contribution is 5.98. The molecule has 0 unspecified atom stereocenters. The third kappa shape index (κ3) is 6.64. The molecule has 0 radical (unpaired) electrons. The van der Waals surface area contributed by atoms with E-state index in [2.05, 4.69) is 13.2 Å². The Balaban J connectivity index is 1.74. The molecule has 10 nitrogen and oxygen atoms in total. The van der Waals surface area contributed by atoms with Crippen molar-refractivity contribution < 1.29 is 33.8 Å². The molecule has 47 heavy (non-hydrogen) atoms. The summed E-state index contributed by atoms with van der Waals surface area (Å²) in [7, 11) is 1.69. The molecule has 10 heteroatoms. The zero-order chi connectivity index (χ0) is 34.6. The monoisotopic (exact) mass is 651 g/mol. The molecule has 0 aromatic heterocycles. The summed E-state index contributed by atoms with van der Waals surface area (Å²) in [5, 5.41) is 10.6. The van der Waals surface area contributed by atoms with Gasteiger partial charge in [-0.05, 0) is 51.5 Å². The third-order valence-corrected chi connectivity index (χ3v) is 10.7. The Bertz CT molecular complexity index is 1320. The second-order valence-electron chi connectivity index (χ2n) is 13.7. The lowest BCUT2D eigenvalue weighted by Gasteiger charge is -2.41.